The third kappa shape index (κ3) is 3.65. The van der Waals surface area contributed by atoms with E-state index in [-0.39, 0.29) is 23.9 Å². The Hall–Kier alpha value is -0.700. The largest absolute Gasteiger partial charge is 0.379 e. The Labute approximate surface area is 113 Å². The van der Waals surface area contributed by atoms with Gasteiger partial charge in [0.05, 0.1) is 25.4 Å². The van der Waals surface area contributed by atoms with E-state index < -0.39 is 10.0 Å². The van der Waals surface area contributed by atoms with E-state index in [2.05, 4.69) is 5.32 Å². The molecule has 3 N–H and O–H groups in total. The van der Waals surface area contributed by atoms with Crippen molar-refractivity contribution in [1.29, 1.82) is 0 Å². The quantitative estimate of drug-likeness (QED) is 0.659. The Kier molecular flexibility index (Phi) is 4.44. The highest BCUT2D eigenvalue weighted by molar-refractivity contribution is 7.88. The van der Waals surface area contributed by atoms with Crippen LogP contribution >= 0.6 is 0 Å². The molecule has 2 unspecified atom stereocenters. The maximum Gasteiger partial charge on any atom is 0.227 e. The topological polar surface area (TPSA) is 102 Å². The van der Waals surface area contributed by atoms with Crippen LogP contribution < -0.4 is 11.1 Å². The number of ether oxygens (including phenoxy) is 1. The van der Waals surface area contributed by atoms with Crippen molar-refractivity contribution in [2.45, 2.75) is 24.9 Å². The number of piperidine rings is 1. The number of hydrogen-bond acceptors (Lipinski definition) is 5. The highest BCUT2D eigenvalue weighted by Gasteiger charge is 2.33. The van der Waals surface area contributed by atoms with Crippen molar-refractivity contribution in [3.63, 3.8) is 0 Å². The first-order valence-electron chi connectivity index (χ1n) is 6.47. The second-order valence-corrected chi connectivity index (χ2v) is 7.24. The fourth-order valence-electron chi connectivity index (χ4n) is 2.48. The molecule has 2 heterocycles. The second-order valence-electron chi connectivity index (χ2n) is 5.25. The lowest BCUT2D eigenvalue weighted by Crippen LogP contribution is -2.49. The van der Waals surface area contributed by atoms with E-state index in [1.54, 1.807) is 0 Å². The van der Waals surface area contributed by atoms with Gasteiger partial charge in [-0.25, -0.2) is 12.7 Å². The first kappa shape index (κ1) is 14.7. The van der Waals surface area contributed by atoms with Gasteiger partial charge in [-0.3, -0.25) is 4.79 Å². The van der Waals surface area contributed by atoms with Gasteiger partial charge in [0.25, 0.3) is 0 Å². The van der Waals surface area contributed by atoms with Gasteiger partial charge in [-0.1, -0.05) is 0 Å². The molecule has 7 nitrogen and oxygen atoms in total. The molecule has 2 aliphatic heterocycles. The van der Waals surface area contributed by atoms with E-state index in [9.17, 15) is 13.2 Å². The first-order chi connectivity index (χ1) is 8.88. The second kappa shape index (κ2) is 5.74. The van der Waals surface area contributed by atoms with Gasteiger partial charge >= 0.3 is 0 Å². The lowest BCUT2D eigenvalue weighted by molar-refractivity contribution is -0.126. The lowest BCUT2D eigenvalue weighted by atomic mass is 10.0. The van der Waals surface area contributed by atoms with Crippen molar-refractivity contribution in [3.05, 3.63) is 0 Å². The molecule has 2 aliphatic rings. The van der Waals surface area contributed by atoms with Gasteiger partial charge in [-0.15, -0.1) is 0 Å². The zero-order chi connectivity index (χ0) is 14.0. The molecular formula is C11H21N3O4S. The minimum atomic E-state index is -3.12. The number of nitrogens with zero attached hydrogens (tertiary/aromatic N) is 1. The van der Waals surface area contributed by atoms with Crippen LogP contribution in [0.3, 0.4) is 0 Å². The van der Waals surface area contributed by atoms with Gasteiger partial charge in [-0.05, 0) is 12.8 Å². The van der Waals surface area contributed by atoms with Gasteiger partial charge < -0.3 is 15.8 Å². The molecule has 0 saturated carbocycles. The fraction of sp³-hybridized carbons (Fsp3) is 0.909. The summed E-state index contributed by atoms with van der Waals surface area (Å²) in [6.45, 7) is 1.70. The summed E-state index contributed by atoms with van der Waals surface area (Å²) >= 11 is 0. The van der Waals surface area contributed by atoms with Crippen molar-refractivity contribution in [3.8, 4) is 0 Å². The number of amides is 1. The van der Waals surface area contributed by atoms with E-state index in [0.717, 1.165) is 0 Å². The molecule has 0 aromatic carbocycles. The number of rotatable bonds is 3. The SMILES string of the molecule is CS(=O)(=O)N1CCC(NC(=O)C2COCC2N)CC1. The summed E-state index contributed by atoms with van der Waals surface area (Å²) in [5.74, 6) is -0.365. The number of carbonyl (C=O) groups excluding carboxylic acids is 1. The van der Waals surface area contributed by atoms with Crippen LogP contribution in [0.2, 0.25) is 0 Å². The van der Waals surface area contributed by atoms with Gasteiger partial charge in [0, 0.05) is 25.2 Å². The molecule has 8 heteroatoms. The molecule has 2 atom stereocenters. The molecule has 0 aromatic heterocycles. The van der Waals surface area contributed by atoms with Gasteiger partial charge in [0.15, 0.2) is 0 Å². The van der Waals surface area contributed by atoms with Gasteiger partial charge in [-0.2, -0.15) is 0 Å². The van der Waals surface area contributed by atoms with Crippen LogP contribution in [0.5, 0.6) is 0 Å². The van der Waals surface area contributed by atoms with Crippen molar-refractivity contribution in [1.82, 2.24) is 9.62 Å². The van der Waals surface area contributed by atoms with Crippen LogP contribution in [0, 0.1) is 5.92 Å². The molecular weight excluding hydrogens is 270 g/mol. The Morgan fingerprint density at radius 2 is 1.95 bits per heavy atom. The molecule has 0 radical (unpaired) electrons. The molecule has 2 rings (SSSR count). The number of sulfonamides is 1. The van der Waals surface area contributed by atoms with Crippen LogP contribution in [0.25, 0.3) is 0 Å². The minimum Gasteiger partial charge on any atom is -0.379 e. The van der Waals surface area contributed by atoms with E-state index in [0.29, 0.717) is 39.1 Å². The summed E-state index contributed by atoms with van der Waals surface area (Å²) in [6.07, 6.45) is 2.49. The molecule has 2 fully saturated rings. The third-order valence-electron chi connectivity index (χ3n) is 3.73. The standard InChI is InChI=1S/C11H21N3O4S/c1-19(16,17)14-4-2-8(3-5-14)13-11(15)9-6-18-7-10(9)12/h8-10H,2-7,12H2,1H3,(H,13,15). The van der Waals surface area contributed by atoms with Crippen molar-refractivity contribution in [2.75, 3.05) is 32.6 Å². The Morgan fingerprint density at radius 1 is 1.32 bits per heavy atom. The molecule has 110 valence electrons. The summed E-state index contributed by atoms with van der Waals surface area (Å²) in [7, 11) is -3.12. The summed E-state index contributed by atoms with van der Waals surface area (Å²) < 4.78 is 29.4. The molecule has 0 aliphatic carbocycles. The molecule has 0 aromatic rings. The summed E-state index contributed by atoms with van der Waals surface area (Å²) in [5, 5.41) is 2.94. The van der Waals surface area contributed by atoms with Gasteiger partial charge in [0.2, 0.25) is 15.9 Å². The average molecular weight is 291 g/mol. The third-order valence-corrected chi connectivity index (χ3v) is 5.03. The minimum absolute atomic E-state index is 0.0262. The maximum atomic E-state index is 12.0. The predicted molar refractivity (Wildman–Crippen MR) is 69.9 cm³/mol. The normalized spacial score (nSPS) is 30.4. The van der Waals surface area contributed by atoms with E-state index in [1.165, 1.54) is 10.6 Å². The predicted octanol–water partition coefficient (Wildman–Crippen LogP) is -1.50. The number of nitrogens with one attached hydrogen (secondary N) is 1. The Morgan fingerprint density at radius 3 is 2.42 bits per heavy atom. The van der Waals surface area contributed by atoms with Crippen LogP contribution in [0.15, 0.2) is 0 Å². The molecule has 2 saturated heterocycles. The Balaban J connectivity index is 1.81. The fourth-order valence-corrected chi connectivity index (χ4v) is 3.36. The molecule has 1 amide bonds. The van der Waals surface area contributed by atoms with Crippen molar-refractivity contribution in [2.24, 2.45) is 11.7 Å². The lowest BCUT2D eigenvalue weighted by Gasteiger charge is -2.31. The maximum absolute atomic E-state index is 12.0. The summed E-state index contributed by atoms with van der Waals surface area (Å²) in [4.78, 5) is 12.0. The molecule has 0 spiro atoms. The molecule has 0 bridgehead atoms. The highest BCUT2D eigenvalue weighted by Crippen LogP contribution is 2.16. The zero-order valence-electron chi connectivity index (χ0n) is 11.0. The summed E-state index contributed by atoms with van der Waals surface area (Å²) in [6, 6.07) is -0.214. The van der Waals surface area contributed by atoms with Crippen LogP contribution in [0.1, 0.15) is 12.8 Å². The van der Waals surface area contributed by atoms with Crippen LogP contribution in [0.4, 0.5) is 0 Å². The molecule has 19 heavy (non-hydrogen) atoms. The van der Waals surface area contributed by atoms with Crippen molar-refractivity contribution >= 4 is 15.9 Å². The first-order valence-corrected chi connectivity index (χ1v) is 8.31. The number of carbonyl (C=O) groups is 1. The van der Waals surface area contributed by atoms with Gasteiger partial charge in [0.1, 0.15) is 0 Å². The van der Waals surface area contributed by atoms with Crippen LogP contribution in [-0.2, 0) is 19.6 Å². The highest BCUT2D eigenvalue weighted by atomic mass is 32.2. The van der Waals surface area contributed by atoms with E-state index >= 15 is 0 Å². The average Bonchev–Trinajstić information content (AvgIpc) is 2.75. The van der Waals surface area contributed by atoms with E-state index in [4.69, 9.17) is 10.5 Å². The smallest absolute Gasteiger partial charge is 0.227 e. The van der Waals surface area contributed by atoms with Crippen LogP contribution in [-0.4, -0.2) is 63.3 Å². The monoisotopic (exact) mass is 291 g/mol. The Bertz CT molecular complexity index is 431. The zero-order valence-corrected chi connectivity index (χ0v) is 11.9. The van der Waals surface area contributed by atoms with Crippen molar-refractivity contribution < 1.29 is 17.9 Å². The summed E-state index contributed by atoms with van der Waals surface area (Å²) in [5.41, 5.74) is 5.79. The number of nitrogens with two attached hydrogens (primary N) is 1. The van der Waals surface area contributed by atoms with E-state index in [1.807, 2.05) is 0 Å². The number of hydrogen-bond donors (Lipinski definition) is 2.